The Balaban J connectivity index is 1.97. The fraction of sp³-hybridized carbons (Fsp3) is 0.133. The van der Waals surface area contributed by atoms with E-state index in [1.807, 2.05) is 16.7 Å². The third-order valence-corrected chi connectivity index (χ3v) is 3.82. The highest BCUT2D eigenvalue weighted by Gasteiger charge is 2.34. The van der Waals surface area contributed by atoms with E-state index in [1.54, 1.807) is 24.7 Å². The predicted molar refractivity (Wildman–Crippen MR) is 73.0 cm³/mol. The van der Waals surface area contributed by atoms with Crippen LogP contribution in [-0.2, 0) is 13.5 Å². The second-order valence-electron chi connectivity index (χ2n) is 4.89. The zero-order valence-corrected chi connectivity index (χ0v) is 10.4. The molecular formula is C15H11N4O+. The first-order valence-electron chi connectivity index (χ1n) is 7.81. The van der Waals surface area contributed by atoms with Gasteiger partial charge < -0.3 is 4.42 Å². The molecule has 0 bridgehead atoms. The number of pyridine rings is 2. The van der Waals surface area contributed by atoms with Crippen molar-refractivity contribution in [2.45, 2.75) is 6.54 Å². The number of hydrogen-bond donors (Lipinski definition) is 0. The van der Waals surface area contributed by atoms with Gasteiger partial charge in [-0.05, 0) is 18.2 Å². The van der Waals surface area contributed by atoms with E-state index in [9.17, 15) is 0 Å². The molecule has 0 radical (unpaired) electrons. The van der Waals surface area contributed by atoms with Crippen LogP contribution in [0.2, 0.25) is 0 Å². The first kappa shape index (κ1) is 7.79. The first-order valence-corrected chi connectivity index (χ1v) is 6.31. The molecule has 0 saturated heterocycles. The summed E-state index contributed by atoms with van der Waals surface area (Å²) >= 11 is 0. The molecule has 5 heterocycles. The fourth-order valence-corrected chi connectivity index (χ4v) is 2.95. The average molecular weight is 266 g/mol. The molecule has 20 heavy (non-hydrogen) atoms. The molecule has 1 aliphatic heterocycles. The highest BCUT2D eigenvalue weighted by Crippen LogP contribution is 2.34. The number of nitrogens with zero attached hydrogens (tertiary/aromatic N) is 4. The predicted octanol–water partition coefficient (Wildman–Crippen LogP) is 2.03. The maximum atomic E-state index is 7.91. The van der Waals surface area contributed by atoms with Crippen LogP contribution in [0, 0.1) is 0 Å². The Morgan fingerprint density at radius 3 is 3.35 bits per heavy atom. The molecule has 0 spiro atoms. The lowest BCUT2D eigenvalue weighted by Crippen LogP contribution is -2.32. The van der Waals surface area contributed by atoms with E-state index in [-0.39, 0.29) is 0 Å². The van der Waals surface area contributed by atoms with Crippen LogP contribution in [0.25, 0.3) is 33.7 Å². The summed E-state index contributed by atoms with van der Waals surface area (Å²) in [4.78, 5) is 8.38. The van der Waals surface area contributed by atoms with Crippen molar-refractivity contribution >= 4 is 22.3 Å². The molecule has 96 valence electrons. The van der Waals surface area contributed by atoms with Gasteiger partial charge in [-0.2, -0.15) is 4.57 Å². The Bertz CT molecular complexity index is 1090. The number of aromatic nitrogens is 4. The van der Waals surface area contributed by atoms with Crippen molar-refractivity contribution in [3.05, 3.63) is 42.4 Å². The van der Waals surface area contributed by atoms with Crippen molar-refractivity contribution in [3.8, 4) is 11.5 Å². The maximum Gasteiger partial charge on any atom is 0.330 e. The van der Waals surface area contributed by atoms with E-state index in [0.717, 1.165) is 11.1 Å². The van der Waals surface area contributed by atoms with Crippen molar-refractivity contribution in [2.75, 3.05) is 0 Å². The Kier molecular flexibility index (Phi) is 1.27. The van der Waals surface area contributed by atoms with Crippen LogP contribution in [0.1, 0.15) is 9.68 Å². The molecule has 5 rings (SSSR count). The van der Waals surface area contributed by atoms with Gasteiger partial charge in [0.25, 0.3) is 5.89 Å². The fourth-order valence-electron chi connectivity index (χ4n) is 2.95. The zero-order valence-electron chi connectivity index (χ0n) is 13.4. The lowest BCUT2D eigenvalue weighted by Gasteiger charge is -1.91. The molecule has 0 atom stereocenters. The van der Waals surface area contributed by atoms with Gasteiger partial charge in [0, 0.05) is 24.2 Å². The van der Waals surface area contributed by atoms with Crippen LogP contribution >= 0.6 is 0 Å². The van der Waals surface area contributed by atoms with Gasteiger partial charge in [-0.1, -0.05) is 0 Å². The summed E-state index contributed by atoms with van der Waals surface area (Å²) < 4.78 is 32.9. The smallest absolute Gasteiger partial charge is 0.330 e. The topological polar surface area (TPSA) is 47.7 Å². The normalized spacial score (nSPS) is 15.9. The van der Waals surface area contributed by atoms with Crippen LogP contribution in [0.3, 0.4) is 0 Å². The van der Waals surface area contributed by atoms with Crippen LogP contribution < -0.4 is 4.57 Å². The molecular weight excluding hydrogens is 252 g/mol. The second-order valence-corrected chi connectivity index (χ2v) is 4.89. The van der Waals surface area contributed by atoms with Crippen molar-refractivity contribution in [2.24, 2.45) is 6.98 Å². The summed E-state index contributed by atoms with van der Waals surface area (Å²) in [7, 11) is 0. The molecule has 0 fully saturated rings. The molecule has 0 unspecified atom stereocenters. The van der Waals surface area contributed by atoms with E-state index >= 15 is 0 Å². The van der Waals surface area contributed by atoms with Gasteiger partial charge in [-0.15, -0.1) is 0 Å². The number of fused-ring (bicyclic) bond motifs is 7. The number of rotatable bonds is 0. The van der Waals surface area contributed by atoms with Crippen molar-refractivity contribution in [1.82, 2.24) is 14.5 Å². The summed E-state index contributed by atoms with van der Waals surface area (Å²) in [6, 6.07) is 5.50. The quantitative estimate of drug-likeness (QED) is 0.403. The van der Waals surface area contributed by atoms with E-state index in [2.05, 4.69) is 9.97 Å². The lowest BCUT2D eigenvalue weighted by molar-refractivity contribution is -0.652. The zero-order chi connectivity index (χ0) is 15.8. The lowest BCUT2D eigenvalue weighted by atomic mass is 10.2. The van der Waals surface area contributed by atoms with Crippen LogP contribution in [-0.4, -0.2) is 14.5 Å². The van der Waals surface area contributed by atoms with Crippen LogP contribution in [0.15, 0.2) is 41.2 Å². The average Bonchev–Trinajstić information content (AvgIpc) is 3.13. The summed E-state index contributed by atoms with van der Waals surface area (Å²) in [6.07, 6.45) is 5.08. The number of hydrogen-bond acceptors (Lipinski definition) is 3. The molecule has 4 aromatic rings. The maximum absolute atomic E-state index is 7.91. The molecule has 0 aromatic carbocycles. The van der Waals surface area contributed by atoms with Gasteiger partial charge in [0.15, 0.2) is 0 Å². The molecule has 0 aliphatic carbocycles. The SMILES string of the molecule is [2H]C([2H])([2H])n1c2ncccc2c2oc3[n+](c21)Cc1cnccc1-3. The Hall–Kier alpha value is -2.69. The minimum atomic E-state index is -2.34. The summed E-state index contributed by atoms with van der Waals surface area (Å²) in [6.45, 7) is -1.80. The minimum Gasteiger partial charge on any atom is -0.413 e. The van der Waals surface area contributed by atoms with Gasteiger partial charge >= 0.3 is 5.65 Å². The molecule has 1 aliphatic rings. The number of aryl methyl sites for hydroxylation is 1. The first-order chi connectivity index (χ1) is 11.1. The van der Waals surface area contributed by atoms with Gasteiger partial charge in [-0.3, -0.25) is 4.98 Å². The third-order valence-electron chi connectivity index (χ3n) is 3.82. The molecule has 5 nitrogen and oxygen atoms in total. The monoisotopic (exact) mass is 266 g/mol. The van der Waals surface area contributed by atoms with Crippen molar-refractivity contribution < 1.29 is 13.1 Å². The van der Waals surface area contributed by atoms with Crippen LogP contribution in [0.4, 0.5) is 0 Å². The minimum absolute atomic E-state index is 0.408. The Morgan fingerprint density at radius 2 is 2.40 bits per heavy atom. The summed E-state index contributed by atoms with van der Waals surface area (Å²) in [5.74, 6) is 0.663. The summed E-state index contributed by atoms with van der Waals surface area (Å²) in [5, 5.41) is 0.705. The largest absolute Gasteiger partial charge is 0.413 e. The molecule has 0 N–H and O–H groups in total. The van der Waals surface area contributed by atoms with Gasteiger partial charge in [0.05, 0.1) is 22.0 Å². The van der Waals surface area contributed by atoms with E-state index in [4.69, 9.17) is 8.53 Å². The van der Waals surface area contributed by atoms with E-state index in [0.29, 0.717) is 34.7 Å². The summed E-state index contributed by atoms with van der Waals surface area (Å²) in [5.41, 5.74) is 3.46. The molecule has 0 amide bonds. The van der Waals surface area contributed by atoms with Gasteiger partial charge in [-0.25, -0.2) is 9.55 Å². The van der Waals surface area contributed by atoms with E-state index < -0.39 is 6.98 Å². The highest BCUT2D eigenvalue weighted by atomic mass is 16.4. The molecule has 4 aromatic heterocycles. The standard InChI is InChI=1S/C15H11N4O/c1-18-13-11(3-2-5-17-13)12-14(18)19-8-9-7-16-6-4-10(9)15(19)20-12/h2-7H,8H2,1H3/q+1/i1D3. The number of oxazole rings is 1. The highest BCUT2D eigenvalue weighted by molar-refractivity contribution is 6.00. The second kappa shape index (κ2) is 3.25. The van der Waals surface area contributed by atoms with Crippen LogP contribution in [0.5, 0.6) is 0 Å². The molecule has 0 saturated carbocycles. The van der Waals surface area contributed by atoms with E-state index in [1.165, 1.54) is 4.57 Å². The Labute approximate surface area is 118 Å². The third kappa shape index (κ3) is 1.02. The van der Waals surface area contributed by atoms with Crippen molar-refractivity contribution in [3.63, 3.8) is 0 Å². The van der Waals surface area contributed by atoms with Crippen molar-refractivity contribution in [1.29, 1.82) is 0 Å². The Morgan fingerprint density at radius 1 is 1.40 bits per heavy atom. The molecule has 5 heteroatoms. The van der Waals surface area contributed by atoms with Gasteiger partial charge in [0.2, 0.25) is 11.2 Å². The van der Waals surface area contributed by atoms with Gasteiger partial charge in [0.1, 0.15) is 6.54 Å².